The minimum absolute atomic E-state index is 0.0838. The lowest BCUT2D eigenvalue weighted by Crippen LogP contribution is -2.23. The van der Waals surface area contributed by atoms with Crippen molar-refractivity contribution in [2.45, 2.75) is 6.54 Å². The normalized spacial score (nSPS) is 10.5. The van der Waals surface area contributed by atoms with Crippen LogP contribution < -0.4 is 5.32 Å². The quantitative estimate of drug-likeness (QED) is 0.776. The van der Waals surface area contributed by atoms with Crippen molar-refractivity contribution in [1.82, 2.24) is 14.7 Å². The van der Waals surface area contributed by atoms with Gasteiger partial charge >= 0.3 is 0 Å². The summed E-state index contributed by atoms with van der Waals surface area (Å²) in [7, 11) is 0. The van der Waals surface area contributed by atoms with Crippen LogP contribution in [-0.2, 0) is 6.54 Å². The summed E-state index contributed by atoms with van der Waals surface area (Å²) in [5.41, 5.74) is 2.54. The number of benzene rings is 1. The summed E-state index contributed by atoms with van der Waals surface area (Å²) < 4.78 is 1.83. The molecule has 0 aliphatic heterocycles. The molecule has 0 radical (unpaired) electrons. The molecule has 4 nitrogen and oxygen atoms in total. The van der Waals surface area contributed by atoms with Crippen LogP contribution in [0.1, 0.15) is 15.9 Å². The second kappa shape index (κ2) is 4.94. The molecule has 1 N–H and O–H groups in total. The van der Waals surface area contributed by atoms with E-state index in [4.69, 9.17) is 0 Å². The number of pyridine rings is 1. The first-order chi connectivity index (χ1) is 9.33. The number of imidazole rings is 1. The maximum atomic E-state index is 12.0. The summed E-state index contributed by atoms with van der Waals surface area (Å²) >= 11 is 0. The number of amides is 1. The Labute approximate surface area is 110 Å². The smallest absolute Gasteiger partial charge is 0.253 e. The number of carbonyl (C=O) groups is 1. The molecule has 0 spiro atoms. The summed E-state index contributed by atoms with van der Waals surface area (Å²) in [5.74, 6) is -0.0838. The van der Waals surface area contributed by atoms with Crippen LogP contribution in [0.4, 0.5) is 0 Å². The van der Waals surface area contributed by atoms with Crippen LogP contribution in [0.25, 0.3) is 5.65 Å². The fraction of sp³-hybridized carbons (Fsp3) is 0.0667. The van der Waals surface area contributed by atoms with Gasteiger partial charge in [-0.05, 0) is 17.7 Å². The molecule has 2 aromatic heterocycles. The number of fused-ring (bicyclic) bond motifs is 1. The molecule has 0 unspecified atom stereocenters. The van der Waals surface area contributed by atoms with Gasteiger partial charge in [-0.1, -0.05) is 30.3 Å². The van der Waals surface area contributed by atoms with E-state index in [9.17, 15) is 4.79 Å². The average molecular weight is 251 g/mol. The van der Waals surface area contributed by atoms with Gasteiger partial charge in [-0.2, -0.15) is 0 Å². The fourth-order valence-electron chi connectivity index (χ4n) is 1.93. The third kappa shape index (κ3) is 2.47. The van der Waals surface area contributed by atoms with Crippen molar-refractivity contribution < 1.29 is 4.79 Å². The second-order valence-corrected chi connectivity index (χ2v) is 4.28. The lowest BCUT2D eigenvalue weighted by atomic mass is 10.2. The van der Waals surface area contributed by atoms with Gasteiger partial charge in [-0.25, -0.2) is 4.98 Å². The van der Waals surface area contributed by atoms with E-state index in [1.807, 2.05) is 47.0 Å². The third-order valence-corrected chi connectivity index (χ3v) is 2.95. The number of aromatic nitrogens is 2. The molecule has 3 rings (SSSR count). The molecule has 0 saturated carbocycles. The van der Waals surface area contributed by atoms with Gasteiger partial charge in [0.25, 0.3) is 5.91 Å². The zero-order valence-electron chi connectivity index (χ0n) is 10.3. The van der Waals surface area contributed by atoms with Gasteiger partial charge in [-0.3, -0.25) is 4.79 Å². The predicted octanol–water partition coefficient (Wildman–Crippen LogP) is 2.26. The van der Waals surface area contributed by atoms with Crippen molar-refractivity contribution >= 4 is 11.6 Å². The monoisotopic (exact) mass is 251 g/mol. The van der Waals surface area contributed by atoms with E-state index in [1.54, 1.807) is 18.5 Å². The molecule has 3 aromatic rings. The predicted molar refractivity (Wildman–Crippen MR) is 72.8 cm³/mol. The van der Waals surface area contributed by atoms with Crippen LogP contribution in [0, 0.1) is 0 Å². The molecule has 0 fully saturated rings. The zero-order valence-corrected chi connectivity index (χ0v) is 10.3. The Morgan fingerprint density at radius 3 is 2.84 bits per heavy atom. The molecular weight excluding hydrogens is 238 g/mol. The van der Waals surface area contributed by atoms with E-state index in [0.717, 1.165) is 11.2 Å². The van der Waals surface area contributed by atoms with E-state index in [2.05, 4.69) is 10.3 Å². The highest BCUT2D eigenvalue weighted by atomic mass is 16.1. The molecule has 2 heterocycles. The third-order valence-electron chi connectivity index (χ3n) is 2.95. The van der Waals surface area contributed by atoms with Crippen molar-refractivity contribution in [3.05, 3.63) is 72.2 Å². The highest BCUT2D eigenvalue weighted by Crippen LogP contribution is 2.05. The number of hydrogen-bond acceptors (Lipinski definition) is 2. The minimum Gasteiger partial charge on any atom is -0.348 e. The molecule has 4 heteroatoms. The van der Waals surface area contributed by atoms with E-state index < -0.39 is 0 Å². The Bertz CT molecular complexity index is 703. The fourth-order valence-corrected chi connectivity index (χ4v) is 1.93. The topological polar surface area (TPSA) is 46.4 Å². The van der Waals surface area contributed by atoms with Crippen LogP contribution in [0.15, 0.2) is 61.1 Å². The largest absolute Gasteiger partial charge is 0.348 e. The minimum atomic E-state index is -0.0838. The highest BCUT2D eigenvalue weighted by Gasteiger charge is 2.06. The van der Waals surface area contributed by atoms with Crippen molar-refractivity contribution in [3.8, 4) is 0 Å². The summed E-state index contributed by atoms with van der Waals surface area (Å²) in [5, 5.41) is 2.90. The van der Waals surface area contributed by atoms with Gasteiger partial charge < -0.3 is 9.72 Å². The molecule has 0 saturated heterocycles. The molecular formula is C15H13N3O. The lowest BCUT2D eigenvalue weighted by Gasteiger charge is -2.05. The number of hydrogen-bond donors (Lipinski definition) is 1. The van der Waals surface area contributed by atoms with Gasteiger partial charge in [0.2, 0.25) is 0 Å². The SMILES string of the molecule is O=C(NCc1ccccc1)c1ccc2nccn2c1. The van der Waals surface area contributed by atoms with Gasteiger partial charge in [-0.15, -0.1) is 0 Å². The maximum absolute atomic E-state index is 12.0. The average Bonchev–Trinajstić information content (AvgIpc) is 2.93. The van der Waals surface area contributed by atoms with Crippen LogP contribution in [0.3, 0.4) is 0 Å². The van der Waals surface area contributed by atoms with E-state index in [1.165, 1.54) is 0 Å². The van der Waals surface area contributed by atoms with E-state index in [0.29, 0.717) is 12.1 Å². The molecule has 0 atom stereocenters. The molecule has 1 aromatic carbocycles. The Kier molecular flexibility index (Phi) is 2.98. The van der Waals surface area contributed by atoms with Gasteiger partial charge in [0, 0.05) is 25.1 Å². The van der Waals surface area contributed by atoms with Crippen LogP contribution in [0.5, 0.6) is 0 Å². The molecule has 0 bridgehead atoms. The van der Waals surface area contributed by atoms with Gasteiger partial charge in [0.1, 0.15) is 5.65 Å². The van der Waals surface area contributed by atoms with E-state index >= 15 is 0 Å². The highest BCUT2D eigenvalue weighted by molar-refractivity contribution is 5.94. The van der Waals surface area contributed by atoms with Crippen LogP contribution >= 0.6 is 0 Å². The van der Waals surface area contributed by atoms with Crippen LogP contribution in [0.2, 0.25) is 0 Å². The number of rotatable bonds is 3. The lowest BCUT2D eigenvalue weighted by molar-refractivity contribution is 0.0950. The van der Waals surface area contributed by atoms with Crippen molar-refractivity contribution in [2.24, 2.45) is 0 Å². The summed E-state index contributed by atoms with van der Waals surface area (Å²) in [6.07, 6.45) is 5.31. The standard InChI is InChI=1S/C15H13N3O/c19-15(17-10-12-4-2-1-3-5-12)13-6-7-14-16-8-9-18(14)11-13/h1-9,11H,10H2,(H,17,19). The van der Waals surface area contributed by atoms with Crippen LogP contribution in [-0.4, -0.2) is 15.3 Å². The first-order valence-electron chi connectivity index (χ1n) is 6.08. The first kappa shape index (κ1) is 11.5. The maximum Gasteiger partial charge on any atom is 0.253 e. The number of nitrogens with zero attached hydrogens (tertiary/aromatic N) is 2. The Morgan fingerprint density at radius 2 is 2.00 bits per heavy atom. The van der Waals surface area contributed by atoms with Crippen molar-refractivity contribution in [2.75, 3.05) is 0 Å². The summed E-state index contributed by atoms with van der Waals surface area (Å²) in [6.45, 7) is 0.529. The summed E-state index contributed by atoms with van der Waals surface area (Å²) in [6, 6.07) is 13.5. The van der Waals surface area contributed by atoms with Crippen molar-refractivity contribution in [1.29, 1.82) is 0 Å². The number of nitrogens with one attached hydrogen (secondary N) is 1. The van der Waals surface area contributed by atoms with E-state index in [-0.39, 0.29) is 5.91 Å². The van der Waals surface area contributed by atoms with Crippen molar-refractivity contribution in [3.63, 3.8) is 0 Å². The first-order valence-corrected chi connectivity index (χ1v) is 6.08. The molecule has 19 heavy (non-hydrogen) atoms. The molecule has 0 aliphatic carbocycles. The van der Waals surface area contributed by atoms with Gasteiger partial charge in [0.15, 0.2) is 0 Å². The molecule has 0 aliphatic rings. The zero-order chi connectivity index (χ0) is 13.1. The summed E-state index contributed by atoms with van der Waals surface area (Å²) in [4.78, 5) is 16.2. The van der Waals surface area contributed by atoms with Gasteiger partial charge in [0.05, 0.1) is 5.56 Å². The Morgan fingerprint density at radius 1 is 1.16 bits per heavy atom. The Balaban J connectivity index is 1.73. The number of carbonyl (C=O) groups excluding carboxylic acids is 1. The molecule has 1 amide bonds. The molecule has 94 valence electrons. The Hall–Kier alpha value is -2.62. The second-order valence-electron chi connectivity index (χ2n) is 4.28.